The monoisotopic (exact) mass is 236 g/mol. The van der Waals surface area contributed by atoms with Gasteiger partial charge >= 0.3 is 0 Å². The van der Waals surface area contributed by atoms with Gasteiger partial charge in [-0.25, -0.2) is 0 Å². The number of allylic oxidation sites excluding steroid dienone is 2. The lowest BCUT2D eigenvalue weighted by atomic mass is 9.75. The first-order chi connectivity index (χ1) is 7.83. The predicted molar refractivity (Wildman–Crippen MR) is 74.0 cm³/mol. The fourth-order valence-electron chi connectivity index (χ4n) is 2.50. The highest BCUT2D eigenvalue weighted by Crippen LogP contribution is 2.34. The number of hydrogen-bond donors (Lipinski definition) is 0. The van der Waals surface area contributed by atoms with Gasteiger partial charge in [0, 0.05) is 5.41 Å². The van der Waals surface area contributed by atoms with E-state index in [9.17, 15) is 4.79 Å². The molecule has 98 valence electrons. The van der Waals surface area contributed by atoms with Crippen LogP contribution in [0, 0.1) is 17.3 Å². The van der Waals surface area contributed by atoms with Gasteiger partial charge in [0.2, 0.25) is 0 Å². The summed E-state index contributed by atoms with van der Waals surface area (Å²) in [6.07, 6.45) is 8.47. The molecule has 1 heteroatoms. The van der Waals surface area contributed by atoms with E-state index in [-0.39, 0.29) is 5.41 Å². The summed E-state index contributed by atoms with van der Waals surface area (Å²) in [6, 6.07) is 0. The van der Waals surface area contributed by atoms with Crippen molar-refractivity contribution in [2.75, 3.05) is 0 Å². The molecule has 1 nitrogen and oxygen atoms in total. The molecular weight excluding hydrogens is 208 g/mol. The largest absolute Gasteiger partial charge is 0.299 e. The van der Waals surface area contributed by atoms with Crippen molar-refractivity contribution in [3.8, 4) is 0 Å². The topological polar surface area (TPSA) is 17.1 Å². The summed E-state index contributed by atoms with van der Waals surface area (Å²) < 4.78 is 0. The minimum Gasteiger partial charge on any atom is -0.299 e. The van der Waals surface area contributed by atoms with Gasteiger partial charge in [0.25, 0.3) is 0 Å². The molecule has 2 unspecified atom stereocenters. The van der Waals surface area contributed by atoms with E-state index in [0.717, 1.165) is 18.3 Å². The van der Waals surface area contributed by atoms with Gasteiger partial charge in [-0.3, -0.25) is 4.79 Å². The second-order valence-corrected chi connectivity index (χ2v) is 6.54. The summed E-state index contributed by atoms with van der Waals surface area (Å²) in [4.78, 5) is 11.5. The van der Waals surface area contributed by atoms with E-state index in [1.165, 1.54) is 25.7 Å². The molecule has 0 heterocycles. The van der Waals surface area contributed by atoms with E-state index in [0.29, 0.717) is 5.78 Å². The molecule has 0 aromatic carbocycles. The third-order valence-corrected chi connectivity index (χ3v) is 4.66. The van der Waals surface area contributed by atoms with Crippen LogP contribution in [-0.2, 0) is 4.79 Å². The average Bonchev–Trinajstić information content (AvgIpc) is 2.27. The van der Waals surface area contributed by atoms with Gasteiger partial charge in [-0.15, -0.1) is 0 Å². The Morgan fingerprint density at radius 3 is 2.65 bits per heavy atom. The molecule has 17 heavy (non-hydrogen) atoms. The van der Waals surface area contributed by atoms with Gasteiger partial charge in [-0.05, 0) is 57.8 Å². The zero-order chi connectivity index (χ0) is 13.1. The number of rotatable bonds is 5. The van der Waals surface area contributed by atoms with Gasteiger partial charge in [-0.2, -0.15) is 0 Å². The minimum atomic E-state index is -0.130. The van der Waals surface area contributed by atoms with Crippen LogP contribution in [0.25, 0.3) is 0 Å². The molecule has 1 aliphatic carbocycles. The highest BCUT2D eigenvalue weighted by molar-refractivity contribution is 5.81. The van der Waals surface area contributed by atoms with Gasteiger partial charge in [0.05, 0.1) is 0 Å². The molecule has 0 aromatic heterocycles. The Bertz CT molecular complexity index is 299. The van der Waals surface area contributed by atoms with Crippen LogP contribution in [0.5, 0.6) is 0 Å². The van der Waals surface area contributed by atoms with Crippen molar-refractivity contribution in [3.05, 3.63) is 11.6 Å². The molecule has 0 aliphatic heterocycles. The zero-order valence-corrected chi connectivity index (χ0v) is 12.2. The molecule has 0 fully saturated rings. The highest BCUT2D eigenvalue weighted by atomic mass is 16.1. The maximum Gasteiger partial charge on any atom is 0.135 e. The van der Waals surface area contributed by atoms with Crippen LogP contribution < -0.4 is 0 Å². The first-order valence-corrected chi connectivity index (χ1v) is 6.99. The highest BCUT2D eigenvalue weighted by Gasteiger charge is 2.26. The Hall–Kier alpha value is -0.590. The maximum absolute atomic E-state index is 11.5. The third-order valence-electron chi connectivity index (χ3n) is 4.66. The Labute approximate surface area is 107 Å². The van der Waals surface area contributed by atoms with Crippen LogP contribution in [0.2, 0.25) is 0 Å². The Kier molecular flexibility index (Phi) is 4.97. The van der Waals surface area contributed by atoms with Crippen molar-refractivity contribution in [2.24, 2.45) is 17.3 Å². The van der Waals surface area contributed by atoms with E-state index < -0.39 is 0 Å². The van der Waals surface area contributed by atoms with Crippen molar-refractivity contribution in [2.45, 2.75) is 66.7 Å². The number of Topliss-reactive ketones (excluding diaryl/α,β-unsaturated/α-hetero) is 1. The summed E-state index contributed by atoms with van der Waals surface area (Å²) in [5.41, 5.74) is 1.42. The lowest BCUT2D eigenvalue weighted by molar-refractivity contribution is -0.125. The molecule has 1 rings (SSSR count). The van der Waals surface area contributed by atoms with E-state index in [4.69, 9.17) is 0 Å². The summed E-state index contributed by atoms with van der Waals surface area (Å²) >= 11 is 0. The van der Waals surface area contributed by atoms with E-state index in [2.05, 4.69) is 33.8 Å². The molecule has 0 bridgehead atoms. The lowest BCUT2D eigenvalue weighted by Crippen LogP contribution is -2.23. The van der Waals surface area contributed by atoms with Crippen LogP contribution in [0.4, 0.5) is 0 Å². The molecular formula is C16H28O. The number of hydrogen-bond acceptors (Lipinski definition) is 1. The summed E-state index contributed by atoms with van der Waals surface area (Å²) in [5.74, 6) is 1.91. The smallest absolute Gasteiger partial charge is 0.135 e. The Morgan fingerprint density at radius 2 is 2.18 bits per heavy atom. The van der Waals surface area contributed by atoms with Gasteiger partial charge in [-0.1, -0.05) is 32.4 Å². The van der Waals surface area contributed by atoms with Crippen LogP contribution in [0.15, 0.2) is 11.6 Å². The second-order valence-electron chi connectivity index (χ2n) is 6.54. The molecule has 0 aromatic rings. The van der Waals surface area contributed by atoms with Crippen molar-refractivity contribution in [3.63, 3.8) is 0 Å². The zero-order valence-electron chi connectivity index (χ0n) is 12.2. The van der Waals surface area contributed by atoms with Gasteiger partial charge < -0.3 is 0 Å². The van der Waals surface area contributed by atoms with Crippen LogP contribution in [0.3, 0.4) is 0 Å². The molecule has 1 aliphatic rings. The molecule has 2 atom stereocenters. The van der Waals surface area contributed by atoms with E-state index >= 15 is 0 Å². The van der Waals surface area contributed by atoms with E-state index in [1.54, 1.807) is 12.5 Å². The van der Waals surface area contributed by atoms with Gasteiger partial charge in [0.1, 0.15) is 5.78 Å². The second kappa shape index (κ2) is 5.84. The number of carbonyl (C=O) groups is 1. The molecule has 0 saturated heterocycles. The van der Waals surface area contributed by atoms with Crippen molar-refractivity contribution in [1.82, 2.24) is 0 Å². The molecule has 0 N–H and O–H groups in total. The maximum atomic E-state index is 11.5. The quantitative estimate of drug-likeness (QED) is 0.629. The van der Waals surface area contributed by atoms with Crippen molar-refractivity contribution < 1.29 is 4.79 Å². The lowest BCUT2D eigenvalue weighted by Gasteiger charge is -2.29. The molecule has 0 radical (unpaired) electrons. The summed E-state index contributed by atoms with van der Waals surface area (Å²) in [6.45, 7) is 10.5. The SMILES string of the molecule is CC(=O)C(C)(C)CCC(C)C1CC=C(C)CC1. The summed E-state index contributed by atoms with van der Waals surface area (Å²) in [5, 5.41) is 0. The van der Waals surface area contributed by atoms with Gasteiger partial charge in [0.15, 0.2) is 0 Å². The fraction of sp³-hybridized carbons (Fsp3) is 0.812. The number of ketones is 1. The molecule has 0 spiro atoms. The van der Waals surface area contributed by atoms with Crippen LogP contribution in [-0.4, -0.2) is 5.78 Å². The molecule has 0 saturated carbocycles. The van der Waals surface area contributed by atoms with Crippen LogP contribution in [0.1, 0.15) is 66.7 Å². The first kappa shape index (κ1) is 14.5. The summed E-state index contributed by atoms with van der Waals surface area (Å²) in [7, 11) is 0. The van der Waals surface area contributed by atoms with Crippen LogP contribution >= 0.6 is 0 Å². The minimum absolute atomic E-state index is 0.130. The average molecular weight is 236 g/mol. The Morgan fingerprint density at radius 1 is 1.53 bits per heavy atom. The normalized spacial score (nSPS) is 23.1. The predicted octanol–water partition coefficient (Wildman–Crippen LogP) is 4.76. The third kappa shape index (κ3) is 4.29. The van der Waals surface area contributed by atoms with E-state index in [1.807, 2.05) is 0 Å². The van der Waals surface area contributed by atoms with Crippen molar-refractivity contribution in [1.29, 1.82) is 0 Å². The standard InChI is InChI=1S/C16H28O/c1-12-6-8-15(9-7-12)13(2)10-11-16(4,5)14(3)17/h6,13,15H,7-11H2,1-5H3. The molecule has 0 amide bonds. The fourth-order valence-corrected chi connectivity index (χ4v) is 2.50. The van der Waals surface area contributed by atoms with Crippen molar-refractivity contribution >= 4 is 5.78 Å². The Balaban J connectivity index is 2.40. The number of carbonyl (C=O) groups excluding carboxylic acids is 1. The first-order valence-electron chi connectivity index (χ1n) is 6.99.